The van der Waals surface area contributed by atoms with Crippen molar-refractivity contribution in [3.8, 4) is 0 Å². The zero-order valence-electron chi connectivity index (χ0n) is 24.5. The van der Waals surface area contributed by atoms with Crippen LogP contribution in [0.15, 0.2) is 30.3 Å². The number of nitrogens with two attached hydrogens (primary N) is 1. The van der Waals surface area contributed by atoms with Crippen molar-refractivity contribution in [2.24, 2.45) is 29.4 Å². The topological polar surface area (TPSA) is 159 Å². The Bertz CT molecular complexity index is 964. The highest BCUT2D eigenvalue weighted by atomic mass is 16.2. The average Bonchev–Trinajstić information content (AvgIpc) is 2.87. The lowest BCUT2D eigenvalue weighted by molar-refractivity contribution is -0.136. The zero-order valence-corrected chi connectivity index (χ0v) is 24.5. The number of benzene rings is 1. The van der Waals surface area contributed by atoms with E-state index in [9.17, 15) is 24.0 Å². The maximum atomic E-state index is 13.3. The fraction of sp³-hybridized carbons (Fsp3) is 0.621. The Hall–Kier alpha value is -3.27. The molecule has 10 nitrogen and oxygen atoms in total. The third-order valence-corrected chi connectivity index (χ3v) is 6.55. The van der Waals surface area contributed by atoms with Crippen molar-refractivity contribution in [2.75, 3.05) is 0 Å². The van der Waals surface area contributed by atoms with Crippen LogP contribution in [-0.4, -0.2) is 60.1 Å². The van der Waals surface area contributed by atoms with Gasteiger partial charge in [-0.15, -0.1) is 0 Å². The van der Waals surface area contributed by atoms with Crippen LogP contribution in [0, 0.1) is 23.7 Å². The molecule has 0 fully saturated rings. The number of hydrogen-bond donors (Lipinski definition) is 5. The molecule has 0 bridgehead atoms. The Morgan fingerprint density at radius 3 is 1.38 bits per heavy atom. The molecule has 39 heavy (non-hydrogen) atoms. The van der Waals surface area contributed by atoms with Crippen LogP contribution in [0.4, 0.5) is 0 Å². The second kappa shape index (κ2) is 16.0. The highest BCUT2D eigenvalue weighted by Crippen LogP contribution is 2.11. The van der Waals surface area contributed by atoms with Gasteiger partial charge in [0, 0.05) is 0 Å². The fourth-order valence-corrected chi connectivity index (χ4v) is 3.92. The van der Waals surface area contributed by atoms with Crippen LogP contribution in [-0.2, 0) is 30.4 Å². The molecule has 0 saturated carbocycles. The Balaban J connectivity index is 2.98. The molecule has 0 spiro atoms. The van der Waals surface area contributed by atoms with Crippen molar-refractivity contribution >= 4 is 29.9 Å². The molecule has 1 aromatic carbocycles. The smallest absolute Gasteiger partial charge is 0.243 e. The van der Waals surface area contributed by atoms with Crippen LogP contribution < -0.4 is 27.0 Å². The maximum absolute atomic E-state index is 13.3. The van der Waals surface area contributed by atoms with E-state index in [1.807, 2.05) is 44.2 Å². The van der Waals surface area contributed by atoms with Gasteiger partial charge in [0.15, 0.2) is 0 Å². The number of carbonyl (C=O) groups is 5. The van der Waals surface area contributed by atoms with Gasteiger partial charge in [-0.1, -0.05) is 85.7 Å². The van der Waals surface area contributed by atoms with Crippen molar-refractivity contribution in [3.63, 3.8) is 0 Å². The predicted octanol–water partition coefficient (Wildman–Crippen LogP) is 1.32. The summed E-state index contributed by atoms with van der Waals surface area (Å²) in [5.74, 6) is -2.96. The maximum Gasteiger partial charge on any atom is 0.243 e. The van der Waals surface area contributed by atoms with Crippen LogP contribution in [0.1, 0.15) is 61.0 Å². The summed E-state index contributed by atoms with van der Waals surface area (Å²) in [4.78, 5) is 63.8. The third kappa shape index (κ3) is 10.8. The van der Waals surface area contributed by atoms with E-state index in [0.717, 1.165) is 5.56 Å². The summed E-state index contributed by atoms with van der Waals surface area (Å²) in [7, 11) is 0. The zero-order chi connectivity index (χ0) is 29.9. The molecular formula is C29H47N5O5. The molecule has 0 saturated heterocycles. The fourth-order valence-electron chi connectivity index (χ4n) is 3.92. The number of hydrogen-bond acceptors (Lipinski definition) is 6. The Kier molecular flexibility index (Phi) is 13.8. The van der Waals surface area contributed by atoms with E-state index >= 15 is 0 Å². The molecule has 4 amide bonds. The molecule has 10 heteroatoms. The lowest BCUT2D eigenvalue weighted by Gasteiger charge is -2.30. The van der Waals surface area contributed by atoms with Gasteiger partial charge in [0.25, 0.3) is 0 Å². The predicted molar refractivity (Wildman–Crippen MR) is 151 cm³/mol. The van der Waals surface area contributed by atoms with E-state index in [4.69, 9.17) is 5.73 Å². The quantitative estimate of drug-likeness (QED) is 0.209. The van der Waals surface area contributed by atoms with Gasteiger partial charge in [0.2, 0.25) is 23.6 Å². The minimum Gasteiger partial charge on any atom is -0.344 e. The van der Waals surface area contributed by atoms with Gasteiger partial charge in [0.05, 0.1) is 12.1 Å². The first-order valence-corrected chi connectivity index (χ1v) is 13.7. The summed E-state index contributed by atoms with van der Waals surface area (Å²) in [6.45, 7) is 14.3. The molecule has 218 valence electrons. The minimum absolute atomic E-state index is 0.110. The summed E-state index contributed by atoms with van der Waals surface area (Å²) in [5.41, 5.74) is 6.83. The van der Waals surface area contributed by atoms with Gasteiger partial charge < -0.3 is 31.8 Å². The molecule has 0 aromatic heterocycles. The SMILES string of the molecule is CC(C)[C@H](N)C(=O)N[C@H](C(=O)N[C@H](C(=O)N[C@H](C(=O)N[C@H](C=O)Cc1ccccc1)C(C)C)C(C)C)C(C)C. The van der Waals surface area contributed by atoms with Crippen LogP contribution in [0.5, 0.6) is 0 Å². The van der Waals surface area contributed by atoms with Gasteiger partial charge >= 0.3 is 0 Å². The van der Waals surface area contributed by atoms with Gasteiger partial charge in [-0.25, -0.2) is 0 Å². The standard InChI is InChI=1S/C29H47N5O5/c1-16(2)22(30)26(36)32-24(18(5)6)28(38)34-25(19(7)8)29(39)33-23(17(3)4)27(37)31-21(15-35)14-20-12-10-9-11-13-20/h9-13,15-19,21-25H,14,30H2,1-8H3,(H,31,37)(H,32,36)(H,33,39)(H,34,38)/t21-,22-,23-,24-,25-/m0/s1. The van der Waals surface area contributed by atoms with Gasteiger partial charge in [-0.2, -0.15) is 0 Å². The molecule has 0 heterocycles. The molecule has 0 aliphatic heterocycles. The van der Waals surface area contributed by atoms with Crippen molar-refractivity contribution in [1.82, 2.24) is 21.3 Å². The highest BCUT2D eigenvalue weighted by Gasteiger charge is 2.34. The highest BCUT2D eigenvalue weighted by molar-refractivity contribution is 5.95. The summed E-state index contributed by atoms with van der Waals surface area (Å²) in [6.07, 6.45) is 0.995. The normalized spacial score (nSPS) is 15.3. The van der Waals surface area contributed by atoms with Crippen LogP contribution >= 0.6 is 0 Å². The average molecular weight is 546 g/mol. The van der Waals surface area contributed by atoms with E-state index in [-0.39, 0.29) is 23.7 Å². The molecular weight excluding hydrogens is 498 g/mol. The van der Waals surface area contributed by atoms with Crippen LogP contribution in [0.25, 0.3) is 0 Å². The number of nitrogens with one attached hydrogen (secondary N) is 4. The van der Waals surface area contributed by atoms with Gasteiger partial charge in [-0.05, 0) is 35.7 Å². The number of amides is 4. The van der Waals surface area contributed by atoms with Gasteiger partial charge in [-0.3, -0.25) is 19.2 Å². The number of carbonyl (C=O) groups excluding carboxylic acids is 5. The largest absolute Gasteiger partial charge is 0.344 e. The van der Waals surface area contributed by atoms with E-state index in [0.29, 0.717) is 12.7 Å². The third-order valence-electron chi connectivity index (χ3n) is 6.55. The van der Waals surface area contributed by atoms with E-state index in [1.165, 1.54) is 0 Å². The Labute approximate surface area is 232 Å². The number of aldehydes is 1. The van der Waals surface area contributed by atoms with E-state index in [1.54, 1.807) is 41.5 Å². The van der Waals surface area contributed by atoms with Gasteiger partial charge in [0.1, 0.15) is 24.4 Å². The van der Waals surface area contributed by atoms with Crippen LogP contribution in [0.3, 0.4) is 0 Å². The van der Waals surface area contributed by atoms with Crippen molar-refractivity contribution < 1.29 is 24.0 Å². The molecule has 6 N–H and O–H groups in total. The molecule has 0 radical (unpaired) electrons. The second-order valence-corrected chi connectivity index (χ2v) is 11.4. The lowest BCUT2D eigenvalue weighted by atomic mass is 9.97. The molecule has 0 aliphatic rings. The van der Waals surface area contributed by atoms with Crippen LogP contribution in [0.2, 0.25) is 0 Å². The first kappa shape index (κ1) is 33.8. The van der Waals surface area contributed by atoms with Crippen molar-refractivity contribution in [3.05, 3.63) is 35.9 Å². The second-order valence-electron chi connectivity index (χ2n) is 11.4. The lowest BCUT2D eigenvalue weighted by Crippen LogP contribution is -2.61. The van der Waals surface area contributed by atoms with Crippen molar-refractivity contribution in [1.29, 1.82) is 0 Å². The molecule has 0 unspecified atom stereocenters. The summed E-state index contributed by atoms with van der Waals surface area (Å²) >= 11 is 0. The molecule has 1 aromatic rings. The number of rotatable bonds is 15. The molecule has 0 aliphatic carbocycles. The summed E-state index contributed by atoms with van der Waals surface area (Å²) in [6, 6.07) is 4.98. The minimum atomic E-state index is -0.963. The summed E-state index contributed by atoms with van der Waals surface area (Å²) < 4.78 is 0. The van der Waals surface area contributed by atoms with E-state index in [2.05, 4.69) is 21.3 Å². The summed E-state index contributed by atoms with van der Waals surface area (Å²) in [5, 5.41) is 10.9. The molecule has 5 atom stereocenters. The van der Waals surface area contributed by atoms with E-state index < -0.39 is 53.8 Å². The van der Waals surface area contributed by atoms with Crippen molar-refractivity contribution in [2.45, 2.75) is 92.0 Å². The first-order valence-electron chi connectivity index (χ1n) is 13.7. The monoisotopic (exact) mass is 545 g/mol. The Morgan fingerprint density at radius 1 is 0.641 bits per heavy atom. The Morgan fingerprint density at radius 2 is 1.03 bits per heavy atom. The first-order chi connectivity index (χ1) is 18.2. The molecule has 1 rings (SSSR count).